The van der Waals surface area contributed by atoms with E-state index in [9.17, 15) is 22.8 Å². The van der Waals surface area contributed by atoms with Crippen LogP contribution < -0.4 is 10.6 Å². The van der Waals surface area contributed by atoms with Gasteiger partial charge in [0.2, 0.25) is 11.8 Å². The predicted molar refractivity (Wildman–Crippen MR) is 95.3 cm³/mol. The molecular weight excluding hydrogens is 365 g/mol. The summed E-state index contributed by atoms with van der Waals surface area (Å²) in [6, 6.07) is 9.43. The van der Waals surface area contributed by atoms with E-state index < -0.39 is 35.6 Å². The Labute approximate surface area is 153 Å². The fraction of sp³-hybridized carbons (Fsp3) is 0.222. The standard InChI is InChI=1S/C18H17F3N2O2S/c1-11-4-2-3-5-12(11)9-26-10-16(25)22-8-15(24)23-14-7-6-13(19)17(20)18(14)21/h2-7H,8-10H2,1H3,(H,22,25)(H,23,24). The zero-order valence-electron chi connectivity index (χ0n) is 13.9. The fourth-order valence-corrected chi connectivity index (χ4v) is 3.01. The highest BCUT2D eigenvalue weighted by atomic mass is 32.2. The summed E-state index contributed by atoms with van der Waals surface area (Å²) in [5, 5.41) is 4.47. The smallest absolute Gasteiger partial charge is 0.243 e. The van der Waals surface area contributed by atoms with E-state index in [1.807, 2.05) is 31.2 Å². The number of hydrogen-bond donors (Lipinski definition) is 2. The summed E-state index contributed by atoms with van der Waals surface area (Å²) in [5.74, 6) is -4.79. The molecule has 0 aliphatic heterocycles. The van der Waals surface area contributed by atoms with Crippen molar-refractivity contribution in [2.45, 2.75) is 12.7 Å². The number of carbonyl (C=O) groups is 2. The third-order valence-corrected chi connectivity index (χ3v) is 4.49. The van der Waals surface area contributed by atoms with Gasteiger partial charge < -0.3 is 10.6 Å². The second-order valence-corrected chi connectivity index (χ2v) is 6.45. The lowest BCUT2D eigenvalue weighted by molar-refractivity contribution is -0.122. The van der Waals surface area contributed by atoms with Gasteiger partial charge in [-0.3, -0.25) is 9.59 Å². The predicted octanol–water partition coefficient (Wildman–Crippen LogP) is 3.40. The van der Waals surface area contributed by atoms with Gasteiger partial charge in [-0.05, 0) is 30.2 Å². The van der Waals surface area contributed by atoms with E-state index in [2.05, 4.69) is 10.6 Å². The van der Waals surface area contributed by atoms with Crippen LogP contribution in [-0.4, -0.2) is 24.1 Å². The minimum absolute atomic E-state index is 0.154. The maximum atomic E-state index is 13.5. The number of amides is 2. The molecule has 0 aliphatic carbocycles. The molecule has 138 valence electrons. The third-order valence-electron chi connectivity index (χ3n) is 3.51. The van der Waals surface area contributed by atoms with Gasteiger partial charge in [0.1, 0.15) is 0 Å². The first-order valence-electron chi connectivity index (χ1n) is 7.70. The Morgan fingerprint density at radius 3 is 2.46 bits per heavy atom. The van der Waals surface area contributed by atoms with Gasteiger partial charge in [-0.25, -0.2) is 13.2 Å². The minimum atomic E-state index is -1.67. The number of anilines is 1. The lowest BCUT2D eigenvalue weighted by atomic mass is 10.1. The molecule has 26 heavy (non-hydrogen) atoms. The lowest BCUT2D eigenvalue weighted by Gasteiger charge is -2.09. The Balaban J connectivity index is 1.74. The molecule has 2 aromatic carbocycles. The van der Waals surface area contributed by atoms with Crippen LogP contribution in [0.2, 0.25) is 0 Å². The minimum Gasteiger partial charge on any atom is -0.346 e. The van der Waals surface area contributed by atoms with Crippen molar-refractivity contribution < 1.29 is 22.8 Å². The lowest BCUT2D eigenvalue weighted by Crippen LogP contribution is -2.34. The molecule has 0 spiro atoms. The molecule has 0 aliphatic rings. The van der Waals surface area contributed by atoms with Crippen molar-refractivity contribution >= 4 is 29.3 Å². The molecule has 0 atom stereocenters. The van der Waals surface area contributed by atoms with E-state index in [1.165, 1.54) is 11.8 Å². The topological polar surface area (TPSA) is 58.2 Å². The largest absolute Gasteiger partial charge is 0.346 e. The van der Waals surface area contributed by atoms with Gasteiger partial charge in [-0.15, -0.1) is 11.8 Å². The van der Waals surface area contributed by atoms with Crippen molar-refractivity contribution in [3.8, 4) is 0 Å². The number of hydrogen-bond acceptors (Lipinski definition) is 3. The summed E-state index contributed by atoms with van der Waals surface area (Å²) in [6.07, 6.45) is 0. The zero-order valence-corrected chi connectivity index (χ0v) is 14.8. The summed E-state index contributed by atoms with van der Waals surface area (Å²) >= 11 is 1.40. The number of benzene rings is 2. The van der Waals surface area contributed by atoms with Gasteiger partial charge in [0.25, 0.3) is 0 Å². The summed E-state index contributed by atoms with van der Waals surface area (Å²) in [5.41, 5.74) is 1.77. The molecule has 0 radical (unpaired) electrons. The van der Waals surface area contributed by atoms with Gasteiger partial charge >= 0.3 is 0 Å². The van der Waals surface area contributed by atoms with Crippen LogP contribution in [0.3, 0.4) is 0 Å². The normalized spacial score (nSPS) is 10.5. The van der Waals surface area contributed by atoms with E-state index >= 15 is 0 Å². The highest BCUT2D eigenvalue weighted by Crippen LogP contribution is 2.19. The summed E-state index contributed by atoms with van der Waals surface area (Å²) in [7, 11) is 0. The Hall–Kier alpha value is -2.48. The Morgan fingerprint density at radius 2 is 1.73 bits per heavy atom. The second-order valence-electron chi connectivity index (χ2n) is 5.47. The van der Waals surface area contributed by atoms with E-state index in [-0.39, 0.29) is 11.7 Å². The van der Waals surface area contributed by atoms with Crippen molar-refractivity contribution in [2.24, 2.45) is 0 Å². The van der Waals surface area contributed by atoms with Crippen LogP contribution in [-0.2, 0) is 15.3 Å². The first-order valence-corrected chi connectivity index (χ1v) is 8.86. The summed E-state index contributed by atoms with van der Waals surface area (Å²) in [6.45, 7) is 1.58. The zero-order chi connectivity index (χ0) is 19.1. The molecule has 0 bridgehead atoms. The Morgan fingerprint density at radius 1 is 1.00 bits per heavy atom. The molecule has 8 heteroatoms. The number of halogens is 3. The molecule has 2 aromatic rings. The average molecular weight is 382 g/mol. The van der Waals surface area contributed by atoms with Gasteiger partial charge in [-0.2, -0.15) is 0 Å². The quantitative estimate of drug-likeness (QED) is 0.722. The van der Waals surface area contributed by atoms with Crippen molar-refractivity contribution in [1.29, 1.82) is 0 Å². The maximum Gasteiger partial charge on any atom is 0.243 e. The molecule has 2 rings (SSSR count). The van der Waals surface area contributed by atoms with Gasteiger partial charge in [0.15, 0.2) is 17.5 Å². The van der Waals surface area contributed by atoms with Gasteiger partial charge in [-0.1, -0.05) is 24.3 Å². The molecule has 4 nitrogen and oxygen atoms in total. The number of aryl methyl sites for hydroxylation is 1. The number of carbonyl (C=O) groups excluding carboxylic acids is 2. The van der Waals surface area contributed by atoms with Crippen molar-refractivity contribution in [2.75, 3.05) is 17.6 Å². The number of rotatable bonds is 7. The molecule has 2 amide bonds. The molecule has 0 fully saturated rings. The van der Waals surface area contributed by atoms with Crippen LogP contribution >= 0.6 is 11.8 Å². The van der Waals surface area contributed by atoms with E-state index in [1.54, 1.807) is 0 Å². The molecule has 0 aromatic heterocycles. The molecule has 0 saturated carbocycles. The van der Waals surface area contributed by atoms with Crippen molar-refractivity contribution in [3.05, 3.63) is 65.0 Å². The van der Waals surface area contributed by atoms with E-state index in [0.717, 1.165) is 17.2 Å². The van der Waals surface area contributed by atoms with E-state index in [4.69, 9.17) is 0 Å². The Kier molecular flexibility index (Phi) is 7.08. The fourth-order valence-electron chi connectivity index (χ4n) is 2.07. The monoisotopic (exact) mass is 382 g/mol. The average Bonchev–Trinajstić information content (AvgIpc) is 2.62. The van der Waals surface area contributed by atoms with Crippen LogP contribution in [0.5, 0.6) is 0 Å². The number of thioether (sulfide) groups is 1. The number of nitrogens with one attached hydrogen (secondary N) is 2. The van der Waals surface area contributed by atoms with Crippen LogP contribution in [0.25, 0.3) is 0 Å². The molecule has 0 saturated heterocycles. The highest BCUT2D eigenvalue weighted by molar-refractivity contribution is 7.99. The Bertz CT molecular complexity index is 815. The summed E-state index contributed by atoms with van der Waals surface area (Å²) in [4.78, 5) is 23.4. The van der Waals surface area contributed by atoms with Crippen LogP contribution in [0, 0.1) is 24.4 Å². The SMILES string of the molecule is Cc1ccccc1CSCC(=O)NCC(=O)Nc1ccc(F)c(F)c1F. The van der Waals surface area contributed by atoms with Crippen molar-refractivity contribution in [3.63, 3.8) is 0 Å². The third kappa shape index (κ3) is 5.52. The summed E-state index contributed by atoms with van der Waals surface area (Å²) < 4.78 is 39.4. The van der Waals surface area contributed by atoms with Crippen molar-refractivity contribution in [1.82, 2.24) is 5.32 Å². The molecule has 2 N–H and O–H groups in total. The molecule has 0 heterocycles. The highest BCUT2D eigenvalue weighted by Gasteiger charge is 2.15. The second kappa shape index (κ2) is 9.28. The van der Waals surface area contributed by atoms with Crippen LogP contribution in [0.15, 0.2) is 36.4 Å². The van der Waals surface area contributed by atoms with Crippen LogP contribution in [0.4, 0.5) is 18.9 Å². The maximum absolute atomic E-state index is 13.5. The van der Waals surface area contributed by atoms with Gasteiger partial charge in [0, 0.05) is 5.75 Å². The van der Waals surface area contributed by atoms with Crippen LogP contribution in [0.1, 0.15) is 11.1 Å². The molecule has 0 unspecified atom stereocenters. The first-order chi connectivity index (χ1) is 12.4. The van der Waals surface area contributed by atoms with E-state index in [0.29, 0.717) is 11.8 Å². The first kappa shape index (κ1) is 19.8. The molecular formula is C18H17F3N2O2S. The van der Waals surface area contributed by atoms with Gasteiger partial charge in [0.05, 0.1) is 18.0 Å².